The number of guanidine groups is 1. The molecule has 0 aliphatic rings. The van der Waals surface area contributed by atoms with Crippen LogP contribution in [0.3, 0.4) is 0 Å². The van der Waals surface area contributed by atoms with Crippen molar-refractivity contribution in [1.82, 2.24) is 21.3 Å². The van der Waals surface area contributed by atoms with Crippen molar-refractivity contribution in [3.05, 3.63) is 70.8 Å². The second kappa shape index (κ2) is 13.0. The summed E-state index contributed by atoms with van der Waals surface area (Å²) in [5, 5.41) is 12.2. The average molecular weight is 551 g/mol. The van der Waals surface area contributed by atoms with Crippen LogP contribution in [0.25, 0.3) is 0 Å². The fraction of sp³-hybridized carbons (Fsp3) is 0.375. The average Bonchev–Trinajstić information content (AvgIpc) is 2.74. The Morgan fingerprint density at radius 3 is 2.09 bits per heavy atom. The van der Waals surface area contributed by atoms with Crippen LogP contribution >= 0.6 is 24.0 Å². The maximum atomic E-state index is 12.4. The van der Waals surface area contributed by atoms with Gasteiger partial charge < -0.3 is 21.3 Å². The first kappa shape index (κ1) is 27.4. The predicted molar refractivity (Wildman–Crippen MR) is 141 cm³/mol. The number of rotatable bonds is 7. The Balaban J connectivity index is 0.00000512. The highest BCUT2D eigenvalue weighted by Gasteiger charge is 2.15. The van der Waals surface area contributed by atoms with Crippen LogP contribution < -0.4 is 21.3 Å². The fourth-order valence-corrected chi connectivity index (χ4v) is 2.98. The monoisotopic (exact) mass is 551 g/mol. The van der Waals surface area contributed by atoms with Gasteiger partial charge in [0.25, 0.3) is 11.8 Å². The summed E-state index contributed by atoms with van der Waals surface area (Å²) in [6.45, 7) is 7.09. The van der Waals surface area contributed by atoms with Gasteiger partial charge in [0, 0.05) is 43.9 Å². The lowest BCUT2D eigenvalue weighted by Gasteiger charge is -2.20. The first-order chi connectivity index (χ1) is 14.7. The number of aliphatic imine (C=N–C) groups is 1. The number of carbonyl (C=O) groups is 2. The molecule has 32 heavy (non-hydrogen) atoms. The van der Waals surface area contributed by atoms with Gasteiger partial charge in [0.05, 0.1) is 0 Å². The minimum absolute atomic E-state index is 0. The fourth-order valence-electron chi connectivity index (χ4n) is 2.98. The van der Waals surface area contributed by atoms with Crippen LogP contribution in [-0.2, 0) is 13.0 Å². The smallest absolute Gasteiger partial charge is 0.251 e. The summed E-state index contributed by atoms with van der Waals surface area (Å²) in [7, 11) is 3.34. The van der Waals surface area contributed by atoms with Crippen LogP contribution in [0, 0.1) is 0 Å². The molecule has 2 rings (SSSR count). The van der Waals surface area contributed by atoms with E-state index in [-0.39, 0.29) is 41.3 Å². The van der Waals surface area contributed by atoms with Gasteiger partial charge in [0.15, 0.2) is 5.96 Å². The topological polar surface area (TPSA) is 94.6 Å². The largest absolute Gasteiger partial charge is 0.356 e. The molecule has 2 aromatic carbocycles. The Bertz CT molecular complexity index is 938. The molecule has 0 aliphatic heterocycles. The Kier molecular flexibility index (Phi) is 11.2. The third kappa shape index (κ3) is 9.25. The van der Waals surface area contributed by atoms with E-state index >= 15 is 0 Å². The second-order valence-electron chi connectivity index (χ2n) is 8.29. The van der Waals surface area contributed by atoms with Gasteiger partial charge in [-0.1, -0.05) is 24.3 Å². The molecule has 0 heterocycles. The van der Waals surface area contributed by atoms with Crippen molar-refractivity contribution in [2.75, 3.05) is 20.6 Å². The van der Waals surface area contributed by atoms with Crippen molar-refractivity contribution >= 4 is 41.8 Å². The Morgan fingerprint density at radius 2 is 1.50 bits per heavy atom. The van der Waals surface area contributed by atoms with E-state index < -0.39 is 0 Å². The van der Waals surface area contributed by atoms with E-state index in [0.29, 0.717) is 30.2 Å². The first-order valence-electron chi connectivity index (χ1n) is 10.4. The molecule has 0 saturated heterocycles. The van der Waals surface area contributed by atoms with Crippen LogP contribution in [0.15, 0.2) is 53.5 Å². The summed E-state index contributed by atoms with van der Waals surface area (Å²) < 4.78 is 0. The van der Waals surface area contributed by atoms with E-state index in [1.807, 2.05) is 63.2 Å². The van der Waals surface area contributed by atoms with Gasteiger partial charge in [0.2, 0.25) is 0 Å². The number of hydrogen-bond acceptors (Lipinski definition) is 3. The molecule has 4 N–H and O–H groups in total. The summed E-state index contributed by atoms with van der Waals surface area (Å²) in [4.78, 5) is 28.4. The minimum atomic E-state index is -0.281. The van der Waals surface area contributed by atoms with E-state index in [4.69, 9.17) is 0 Å². The van der Waals surface area contributed by atoms with Gasteiger partial charge in [-0.15, -0.1) is 24.0 Å². The zero-order valence-electron chi connectivity index (χ0n) is 19.4. The molecule has 0 unspecified atom stereocenters. The summed E-state index contributed by atoms with van der Waals surface area (Å²) >= 11 is 0. The van der Waals surface area contributed by atoms with Crippen LogP contribution in [-0.4, -0.2) is 44.0 Å². The molecule has 0 bridgehead atoms. The van der Waals surface area contributed by atoms with Gasteiger partial charge in [-0.05, 0) is 62.6 Å². The number of amides is 2. The van der Waals surface area contributed by atoms with E-state index in [1.54, 1.807) is 20.2 Å². The Labute approximate surface area is 207 Å². The molecule has 7 nitrogen and oxygen atoms in total. The summed E-state index contributed by atoms with van der Waals surface area (Å²) in [6.07, 6.45) is 0.758. The van der Waals surface area contributed by atoms with Crippen molar-refractivity contribution in [1.29, 1.82) is 0 Å². The third-order valence-electron chi connectivity index (χ3n) is 4.48. The molecule has 0 radical (unpaired) electrons. The molecule has 2 aromatic rings. The maximum absolute atomic E-state index is 12.4. The molecule has 0 aromatic heterocycles. The number of nitrogens with one attached hydrogen (secondary N) is 4. The number of benzene rings is 2. The van der Waals surface area contributed by atoms with Gasteiger partial charge >= 0.3 is 0 Å². The van der Waals surface area contributed by atoms with Crippen molar-refractivity contribution in [2.45, 2.75) is 39.3 Å². The van der Waals surface area contributed by atoms with E-state index in [2.05, 4.69) is 26.3 Å². The molecular formula is C24H34IN5O2. The van der Waals surface area contributed by atoms with E-state index in [1.165, 1.54) is 0 Å². The molecule has 0 aliphatic carbocycles. The maximum Gasteiger partial charge on any atom is 0.251 e. The second-order valence-corrected chi connectivity index (χ2v) is 8.29. The van der Waals surface area contributed by atoms with Crippen molar-refractivity contribution in [2.24, 2.45) is 4.99 Å². The minimum Gasteiger partial charge on any atom is -0.356 e. The highest BCUT2D eigenvalue weighted by Crippen LogP contribution is 2.08. The molecule has 8 heteroatoms. The van der Waals surface area contributed by atoms with Crippen molar-refractivity contribution in [3.8, 4) is 0 Å². The molecule has 0 atom stereocenters. The van der Waals surface area contributed by atoms with Crippen LogP contribution in [0.2, 0.25) is 0 Å². The summed E-state index contributed by atoms with van der Waals surface area (Å²) in [6, 6.07) is 15.1. The summed E-state index contributed by atoms with van der Waals surface area (Å²) in [5.74, 6) is 0.494. The zero-order chi connectivity index (χ0) is 22.9. The number of halogens is 1. The lowest BCUT2D eigenvalue weighted by Crippen LogP contribution is -2.40. The molecule has 174 valence electrons. The SMILES string of the molecule is CN=C(NCCc1cccc(C(=O)NC)c1)NCc1cccc(C(=O)NC(C)(C)C)c1.I. The standard InChI is InChI=1S/C24H33N5O2.HI/c1-24(2,3)29-22(31)20-11-7-9-18(15-20)16-28-23(26-5)27-13-12-17-8-6-10-19(14-17)21(30)25-4;/h6-11,14-15H,12-13,16H2,1-5H3,(H,25,30)(H,29,31)(H2,26,27,28);1H. The van der Waals surface area contributed by atoms with E-state index in [9.17, 15) is 9.59 Å². The highest BCUT2D eigenvalue weighted by molar-refractivity contribution is 14.0. The lowest BCUT2D eigenvalue weighted by atomic mass is 10.1. The molecule has 0 spiro atoms. The lowest BCUT2D eigenvalue weighted by molar-refractivity contribution is 0.0918. The molecule has 2 amide bonds. The number of nitrogens with zero attached hydrogens (tertiary/aromatic N) is 1. The molecule has 0 saturated carbocycles. The quantitative estimate of drug-likeness (QED) is 0.242. The van der Waals surface area contributed by atoms with Gasteiger partial charge in [0.1, 0.15) is 0 Å². The van der Waals surface area contributed by atoms with Crippen LogP contribution in [0.1, 0.15) is 52.6 Å². The van der Waals surface area contributed by atoms with Gasteiger partial charge in [-0.3, -0.25) is 14.6 Å². The molecule has 0 fully saturated rings. The van der Waals surface area contributed by atoms with E-state index in [0.717, 1.165) is 17.5 Å². The van der Waals surface area contributed by atoms with Gasteiger partial charge in [-0.2, -0.15) is 0 Å². The first-order valence-corrected chi connectivity index (χ1v) is 10.4. The van der Waals surface area contributed by atoms with Crippen LogP contribution in [0.5, 0.6) is 0 Å². The summed E-state index contributed by atoms with van der Waals surface area (Å²) in [5.41, 5.74) is 3.06. The normalized spacial score (nSPS) is 11.2. The predicted octanol–water partition coefficient (Wildman–Crippen LogP) is 3.10. The molecular weight excluding hydrogens is 517 g/mol. The number of hydrogen-bond donors (Lipinski definition) is 4. The zero-order valence-corrected chi connectivity index (χ0v) is 21.7. The van der Waals surface area contributed by atoms with Gasteiger partial charge in [-0.25, -0.2) is 0 Å². The Hall–Kier alpha value is -2.62. The number of carbonyl (C=O) groups excluding carboxylic acids is 2. The van der Waals surface area contributed by atoms with Crippen molar-refractivity contribution in [3.63, 3.8) is 0 Å². The van der Waals surface area contributed by atoms with Crippen molar-refractivity contribution < 1.29 is 9.59 Å². The Morgan fingerprint density at radius 1 is 0.906 bits per heavy atom. The van der Waals surface area contributed by atoms with Crippen LogP contribution in [0.4, 0.5) is 0 Å². The highest BCUT2D eigenvalue weighted by atomic mass is 127. The third-order valence-corrected chi connectivity index (χ3v) is 4.48.